The Morgan fingerprint density at radius 2 is 1.79 bits per heavy atom. The van der Waals surface area contributed by atoms with Crippen LogP contribution in [-0.2, 0) is 10.0 Å². The summed E-state index contributed by atoms with van der Waals surface area (Å²) in [4.78, 5) is 3.82. The highest BCUT2D eigenvalue weighted by Gasteiger charge is 2.28. The van der Waals surface area contributed by atoms with Gasteiger partial charge >= 0.3 is 0 Å². The molecular formula is C16H25F2N3O2S. The molecule has 0 aromatic heterocycles. The van der Waals surface area contributed by atoms with Crippen molar-refractivity contribution in [1.82, 2.24) is 14.5 Å². The number of nitrogens with zero attached hydrogens (tertiary/aromatic N) is 2. The molecule has 0 amide bonds. The number of hydrogen-bond acceptors (Lipinski definition) is 4. The number of nitrogens with one attached hydrogen (secondary N) is 1. The number of piperazine rings is 1. The highest BCUT2D eigenvalue weighted by atomic mass is 32.2. The largest absolute Gasteiger partial charge is 0.304 e. The molecule has 5 nitrogen and oxygen atoms in total. The second-order valence-electron chi connectivity index (χ2n) is 6.55. The summed E-state index contributed by atoms with van der Waals surface area (Å²) in [6.45, 7) is 7.79. The first-order valence-electron chi connectivity index (χ1n) is 8.08. The van der Waals surface area contributed by atoms with E-state index >= 15 is 0 Å². The molecule has 0 radical (unpaired) electrons. The molecule has 0 spiro atoms. The fourth-order valence-electron chi connectivity index (χ4n) is 2.90. The second-order valence-corrected chi connectivity index (χ2v) is 8.29. The quantitative estimate of drug-likeness (QED) is 0.835. The summed E-state index contributed by atoms with van der Waals surface area (Å²) in [6, 6.07) is 3.16. The number of likely N-dealkylation sites (N-methyl/N-ethyl adjacent to an activating group) is 1. The van der Waals surface area contributed by atoms with Gasteiger partial charge in [-0.3, -0.25) is 4.90 Å². The van der Waals surface area contributed by atoms with E-state index in [0.29, 0.717) is 0 Å². The molecule has 1 heterocycles. The molecule has 1 fully saturated rings. The molecule has 0 bridgehead atoms. The molecule has 2 rings (SSSR count). The first-order chi connectivity index (χ1) is 11.2. The van der Waals surface area contributed by atoms with E-state index in [1.807, 2.05) is 13.8 Å². The molecule has 0 saturated carbocycles. The average Bonchev–Trinajstić information content (AvgIpc) is 2.51. The van der Waals surface area contributed by atoms with Crippen molar-refractivity contribution < 1.29 is 17.2 Å². The van der Waals surface area contributed by atoms with E-state index in [1.54, 1.807) is 0 Å². The number of halogens is 2. The Labute approximate surface area is 142 Å². The predicted octanol–water partition coefficient (Wildman–Crippen LogP) is 1.52. The van der Waals surface area contributed by atoms with Gasteiger partial charge in [0, 0.05) is 38.8 Å². The van der Waals surface area contributed by atoms with Gasteiger partial charge in [-0.1, -0.05) is 19.9 Å². The van der Waals surface area contributed by atoms with E-state index in [9.17, 15) is 17.2 Å². The molecule has 1 saturated heterocycles. The molecule has 1 aromatic carbocycles. The van der Waals surface area contributed by atoms with Gasteiger partial charge in [0.2, 0.25) is 10.0 Å². The highest BCUT2D eigenvalue weighted by Crippen LogP contribution is 2.18. The van der Waals surface area contributed by atoms with Crippen LogP contribution in [0.5, 0.6) is 0 Å². The molecule has 136 valence electrons. The normalized spacial score (nSPS) is 18.9. The maximum absolute atomic E-state index is 13.8. The number of hydrogen-bond donors (Lipinski definition) is 1. The third-order valence-electron chi connectivity index (χ3n) is 4.46. The molecule has 1 unspecified atom stereocenters. The van der Waals surface area contributed by atoms with E-state index in [4.69, 9.17) is 0 Å². The zero-order valence-corrected chi connectivity index (χ0v) is 15.1. The van der Waals surface area contributed by atoms with E-state index in [-0.39, 0.29) is 18.5 Å². The number of benzene rings is 1. The summed E-state index contributed by atoms with van der Waals surface area (Å²) in [5.74, 6) is -2.28. The van der Waals surface area contributed by atoms with Crippen molar-refractivity contribution in [2.24, 2.45) is 5.92 Å². The van der Waals surface area contributed by atoms with E-state index in [0.717, 1.165) is 38.3 Å². The molecule has 1 aliphatic heterocycles. The lowest BCUT2D eigenvalue weighted by atomic mass is 10.0. The average molecular weight is 361 g/mol. The summed E-state index contributed by atoms with van der Waals surface area (Å²) in [5, 5.41) is 0. The Bertz CT molecular complexity index is 659. The summed E-state index contributed by atoms with van der Waals surface area (Å²) < 4.78 is 54.1. The van der Waals surface area contributed by atoms with E-state index < -0.39 is 26.6 Å². The maximum Gasteiger partial charge on any atom is 0.243 e. The Hall–Kier alpha value is -1.09. The lowest BCUT2D eigenvalue weighted by Gasteiger charge is -2.39. The minimum absolute atomic E-state index is 0.00472. The Balaban J connectivity index is 2.09. The van der Waals surface area contributed by atoms with E-state index in [2.05, 4.69) is 21.6 Å². The zero-order chi connectivity index (χ0) is 17.9. The van der Waals surface area contributed by atoms with Crippen LogP contribution in [0.3, 0.4) is 0 Å². The van der Waals surface area contributed by atoms with Crippen LogP contribution in [0.1, 0.15) is 13.8 Å². The lowest BCUT2D eigenvalue weighted by Crippen LogP contribution is -2.54. The van der Waals surface area contributed by atoms with Gasteiger partial charge in [-0.05, 0) is 25.1 Å². The predicted molar refractivity (Wildman–Crippen MR) is 89.2 cm³/mol. The summed E-state index contributed by atoms with van der Waals surface area (Å²) in [5.41, 5.74) is 0. The van der Waals surface area contributed by atoms with Crippen LogP contribution in [0.4, 0.5) is 8.78 Å². The third-order valence-corrected chi connectivity index (χ3v) is 5.91. The van der Waals surface area contributed by atoms with Crippen molar-refractivity contribution in [3.8, 4) is 0 Å². The summed E-state index contributed by atoms with van der Waals surface area (Å²) in [7, 11) is -2.04. The van der Waals surface area contributed by atoms with Gasteiger partial charge in [0.05, 0.1) is 0 Å². The van der Waals surface area contributed by atoms with Crippen molar-refractivity contribution in [3.63, 3.8) is 0 Å². The minimum atomic E-state index is -4.09. The summed E-state index contributed by atoms with van der Waals surface area (Å²) in [6.07, 6.45) is 0. The monoisotopic (exact) mass is 361 g/mol. The Kier molecular flexibility index (Phi) is 6.30. The van der Waals surface area contributed by atoms with Crippen LogP contribution in [0.25, 0.3) is 0 Å². The molecule has 8 heteroatoms. The Morgan fingerprint density at radius 3 is 2.38 bits per heavy atom. The van der Waals surface area contributed by atoms with Gasteiger partial charge in [0.15, 0.2) is 11.6 Å². The smallest absolute Gasteiger partial charge is 0.243 e. The van der Waals surface area contributed by atoms with Crippen molar-refractivity contribution in [2.75, 3.05) is 39.8 Å². The van der Waals surface area contributed by atoms with Crippen LogP contribution >= 0.6 is 0 Å². The van der Waals surface area contributed by atoms with Crippen LogP contribution in [0.2, 0.25) is 0 Å². The van der Waals surface area contributed by atoms with Crippen molar-refractivity contribution in [3.05, 3.63) is 29.8 Å². The molecule has 24 heavy (non-hydrogen) atoms. The van der Waals surface area contributed by atoms with Crippen LogP contribution in [0, 0.1) is 17.6 Å². The first kappa shape index (κ1) is 19.2. The van der Waals surface area contributed by atoms with Gasteiger partial charge in [-0.2, -0.15) is 0 Å². The summed E-state index contributed by atoms with van der Waals surface area (Å²) >= 11 is 0. The van der Waals surface area contributed by atoms with Crippen molar-refractivity contribution in [2.45, 2.75) is 24.8 Å². The minimum Gasteiger partial charge on any atom is -0.304 e. The Morgan fingerprint density at radius 1 is 1.17 bits per heavy atom. The fourth-order valence-corrected chi connectivity index (χ4v) is 4.04. The SMILES string of the molecule is CC(C)C(CNS(=O)(=O)c1cccc(F)c1F)N1CCN(C)CC1. The lowest BCUT2D eigenvalue weighted by molar-refractivity contribution is 0.0905. The number of sulfonamides is 1. The number of rotatable bonds is 6. The molecule has 0 aliphatic carbocycles. The van der Waals surface area contributed by atoms with Gasteiger partial charge in [-0.25, -0.2) is 21.9 Å². The van der Waals surface area contributed by atoms with Crippen LogP contribution < -0.4 is 4.72 Å². The second kappa shape index (κ2) is 7.86. The fraction of sp³-hybridized carbons (Fsp3) is 0.625. The molecular weight excluding hydrogens is 336 g/mol. The molecule has 1 aromatic rings. The van der Waals surface area contributed by atoms with Gasteiger partial charge < -0.3 is 4.90 Å². The van der Waals surface area contributed by atoms with Gasteiger partial charge in [-0.15, -0.1) is 0 Å². The van der Waals surface area contributed by atoms with E-state index in [1.165, 1.54) is 6.07 Å². The van der Waals surface area contributed by atoms with Crippen LogP contribution in [0.15, 0.2) is 23.1 Å². The first-order valence-corrected chi connectivity index (χ1v) is 9.57. The highest BCUT2D eigenvalue weighted by molar-refractivity contribution is 7.89. The van der Waals surface area contributed by atoms with Crippen molar-refractivity contribution in [1.29, 1.82) is 0 Å². The maximum atomic E-state index is 13.8. The standard InChI is InChI=1S/C16H25F2N3O2S/c1-12(2)14(21-9-7-20(3)8-10-21)11-19-24(22,23)15-6-4-5-13(17)16(15)18/h4-6,12,14,19H,7-11H2,1-3H3. The van der Waals surface area contributed by atoms with Crippen LogP contribution in [-0.4, -0.2) is 64.0 Å². The zero-order valence-electron chi connectivity index (χ0n) is 14.3. The topological polar surface area (TPSA) is 52.7 Å². The van der Waals surface area contributed by atoms with Crippen molar-refractivity contribution >= 4 is 10.0 Å². The third kappa shape index (κ3) is 4.50. The van der Waals surface area contributed by atoms with Gasteiger partial charge in [0.25, 0.3) is 0 Å². The van der Waals surface area contributed by atoms with Gasteiger partial charge in [0.1, 0.15) is 4.90 Å². The molecule has 1 N–H and O–H groups in total. The molecule has 1 atom stereocenters. The molecule has 1 aliphatic rings.